The molecule has 0 spiro atoms. The van der Waals surface area contributed by atoms with Crippen molar-refractivity contribution in [3.63, 3.8) is 0 Å². The van der Waals surface area contributed by atoms with Crippen LogP contribution < -0.4 is 5.73 Å². The predicted octanol–water partition coefficient (Wildman–Crippen LogP) is 2.02. The summed E-state index contributed by atoms with van der Waals surface area (Å²) in [7, 11) is 0. The molecule has 2 aromatic rings. The first kappa shape index (κ1) is 14.9. The van der Waals surface area contributed by atoms with E-state index in [1.165, 1.54) is 18.3 Å². The third-order valence-electron chi connectivity index (χ3n) is 2.56. The summed E-state index contributed by atoms with van der Waals surface area (Å²) in [6.07, 6.45) is -3.35. The van der Waals surface area contributed by atoms with Crippen LogP contribution in [0.1, 0.15) is 16.2 Å². The van der Waals surface area contributed by atoms with Gasteiger partial charge in [-0.05, 0) is 12.1 Å². The Morgan fingerprint density at radius 2 is 1.86 bits per heavy atom. The minimum absolute atomic E-state index is 0.0540. The van der Waals surface area contributed by atoms with E-state index in [-0.39, 0.29) is 11.4 Å². The average molecular weight is 306 g/mol. The molecule has 0 saturated heterocycles. The highest BCUT2D eigenvalue weighted by Gasteiger charge is 2.60. The average Bonchev–Trinajstić information content (AvgIpc) is 2.87. The van der Waals surface area contributed by atoms with E-state index in [2.05, 4.69) is 9.97 Å². The molecule has 0 atom stereocenters. The number of alkyl halides is 5. The fourth-order valence-corrected chi connectivity index (χ4v) is 1.56. The lowest BCUT2D eigenvalue weighted by molar-refractivity contribution is -0.290. The second kappa shape index (κ2) is 4.79. The summed E-state index contributed by atoms with van der Waals surface area (Å²) in [5, 5.41) is 0. The first-order valence-corrected chi connectivity index (χ1v) is 5.39. The zero-order valence-electron chi connectivity index (χ0n) is 10.1. The highest BCUT2D eigenvalue weighted by Crippen LogP contribution is 2.43. The fourth-order valence-electron chi connectivity index (χ4n) is 1.56. The Labute approximate surface area is 114 Å². The van der Waals surface area contributed by atoms with Crippen LogP contribution in [-0.2, 0) is 5.92 Å². The SMILES string of the molecule is NC(=O)c1ncccc1-n1cnc(C(F)(F)C(F)(F)F)c1. The van der Waals surface area contributed by atoms with Gasteiger partial charge in [-0.2, -0.15) is 22.0 Å². The molecule has 0 aromatic carbocycles. The second-order valence-electron chi connectivity index (χ2n) is 3.97. The number of aromatic nitrogens is 3. The van der Waals surface area contributed by atoms with Gasteiger partial charge in [0.1, 0.15) is 5.69 Å². The molecule has 0 radical (unpaired) electrons. The standard InChI is InChI=1S/C11H7F5N4O/c12-10(13,11(14,15)16)7-4-20(5-19-7)6-2-1-3-18-8(6)9(17)21/h1-5H,(H2,17,21). The van der Waals surface area contributed by atoms with E-state index < -0.39 is 23.7 Å². The Hall–Kier alpha value is -2.52. The lowest BCUT2D eigenvalue weighted by atomic mass is 10.2. The van der Waals surface area contributed by atoms with Crippen molar-refractivity contribution >= 4 is 5.91 Å². The van der Waals surface area contributed by atoms with Crippen LogP contribution in [0, 0.1) is 0 Å². The fraction of sp³-hybridized carbons (Fsp3) is 0.182. The van der Waals surface area contributed by atoms with Gasteiger partial charge in [0, 0.05) is 12.4 Å². The highest BCUT2D eigenvalue weighted by atomic mass is 19.4. The molecule has 2 N–H and O–H groups in total. The third-order valence-corrected chi connectivity index (χ3v) is 2.56. The number of hydrogen-bond donors (Lipinski definition) is 1. The number of hydrogen-bond acceptors (Lipinski definition) is 3. The van der Waals surface area contributed by atoms with Gasteiger partial charge in [-0.15, -0.1) is 0 Å². The van der Waals surface area contributed by atoms with Crippen LogP contribution >= 0.6 is 0 Å². The molecule has 21 heavy (non-hydrogen) atoms. The number of rotatable bonds is 3. The molecule has 0 unspecified atom stereocenters. The molecule has 112 valence electrons. The van der Waals surface area contributed by atoms with Crippen LogP contribution in [0.2, 0.25) is 0 Å². The molecule has 2 rings (SSSR count). The van der Waals surface area contributed by atoms with Gasteiger partial charge in [0.05, 0.1) is 12.0 Å². The Kier molecular flexibility index (Phi) is 3.39. The quantitative estimate of drug-likeness (QED) is 0.882. The molecule has 1 amide bonds. The van der Waals surface area contributed by atoms with Gasteiger partial charge in [-0.25, -0.2) is 9.97 Å². The van der Waals surface area contributed by atoms with E-state index >= 15 is 0 Å². The molecule has 2 aromatic heterocycles. The number of carbonyl (C=O) groups is 1. The van der Waals surface area contributed by atoms with Crippen molar-refractivity contribution in [3.05, 3.63) is 42.2 Å². The zero-order chi connectivity index (χ0) is 15.8. The van der Waals surface area contributed by atoms with Crippen LogP contribution in [0.4, 0.5) is 22.0 Å². The molecule has 10 heteroatoms. The maximum absolute atomic E-state index is 13.1. The number of imidazole rings is 1. The van der Waals surface area contributed by atoms with Gasteiger partial charge in [0.25, 0.3) is 5.91 Å². The topological polar surface area (TPSA) is 73.8 Å². The predicted molar refractivity (Wildman–Crippen MR) is 59.8 cm³/mol. The van der Waals surface area contributed by atoms with Crippen LogP contribution in [-0.4, -0.2) is 26.6 Å². The summed E-state index contributed by atoms with van der Waals surface area (Å²) < 4.78 is 63.9. The Morgan fingerprint density at radius 1 is 1.19 bits per heavy atom. The van der Waals surface area contributed by atoms with Gasteiger partial charge in [0.2, 0.25) is 0 Å². The Morgan fingerprint density at radius 3 is 2.43 bits per heavy atom. The van der Waals surface area contributed by atoms with Crippen LogP contribution in [0.5, 0.6) is 0 Å². The number of primary amides is 1. The zero-order valence-corrected chi connectivity index (χ0v) is 10.1. The molecule has 0 aliphatic rings. The monoisotopic (exact) mass is 306 g/mol. The Bertz CT molecular complexity index is 679. The second-order valence-corrected chi connectivity index (χ2v) is 3.97. The summed E-state index contributed by atoms with van der Waals surface area (Å²) in [5.41, 5.74) is 3.22. The van der Waals surface area contributed by atoms with Crippen molar-refractivity contribution in [1.82, 2.24) is 14.5 Å². The molecule has 0 fully saturated rings. The maximum atomic E-state index is 13.1. The number of nitrogens with zero attached hydrogens (tertiary/aromatic N) is 3. The molecular weight excluding hydrogens is 299 g/mol. The number of halogens is 5. The van der Waals surface area contributed by atoms with E-state index in [1.807, 2.05) is 0 Å². The van der Waals surface area contributed by atoms with Crippen molar-refractivity contribution in [1.29, 1.82) is 0 Å². The molecular formula is C11H7F5N4O. The number of amides is 1. The van der Waals surface area contributed by atoms with Crippen molar-refractivity contribution in [2.45, 2.75) is 12.1 Å². The van der Waals surface area contributed by atoms with Crippen molar-refractivity contribution in [2.75, 3.05) is 0 Å². The smallest absolute Gasteiger partial charge is 0.364 e. The number of nitrogens with two attached hydrogens (primary N) is 1. The summed E-state index contributed by atoms with van der Waals surface area (Å²) >= 11 is 0. The van der Waals surface area contributed by atoms with Gasteiger partial charge < -0.3 is 10.3 Å². The van der Waals surface area contributed by atoms with Crippen LogP contribution in [0.15, 0.2) is 30.9 Å². The van der Waals surface area contributed by atoms with Gasteiger partial charge in [-0.1, -0.05) is 0 Å². The van der Waals surface area contributed by atoms with Gasteiger partial charge in [-0.3, -0.25) is 4.79 Å². The van der Waals surface area contributed by atoms with E-state index in [0.29, 0.717) is 6.20 Å². The molecule has 0 aliphatic heterocycles. The van der Waals surface area contributed by atoms with Crippen molar-refractivity contribution < 1.29 is 26.7 Å². The summed E-state index contributed by atoms with van der Waals surface area (Å²) in [6.45, 7) is 0. The van der Waals surface area contributed by atoms with Crippen molar-refractivity contribution in [2.24, 2.45) is 5.73 Å². The third kappa shape index (κ3) is 2.56. The van der Waals surface area contributed by atoms with E-state index in [4.69, 9.17) is 5.73 Å². The minimum Gasteiger partial charge on any atom is -0.364 e. The first-order chi connectivity index (χ1) is 9.64. The highest BCUT2D eigenvalue weighted by molar-refractivity contribution is 5.94. The molecule has 0 bridgehead atoms. The van der Waals surface area contributed by atoms with Crippen molar-refractivity contribution in [3.8, 4) is 5.69 Å². The van der Waals surface area contributed by atoms with Gasteiger partial charge >= 0.3 is 12.1 Å². The minimum atomic E-state index is -5.77. The summed E-state index contributed by atoms with van der Waals surface area (Å²) in [5.74, 6) is -6.06. The lowest BCUT2D eigenvalue weighted by Crippen LogP contribution is -2.34. The van der Waals surface area contributed by atoms with E-state index in [9.17, 15) is 26.7 Å². The number of carbonyl (C=O) groups excluding carboxylic acids is 1. The summed E-state index contributed by atoms with van der Waals surface area (Å²) in [4.78, 5) is 17.8. The first-order valence-electron chi connectivity index (χ1n) is 5.39. The molecule has 0 aliphatic carbocycles. The largest absolute Gasteiger partial charge is 0.459 e. The molecule has 2 heterocycles. The van der Waals surface area contributed by atoms with E-state index in [0.717, 1.165) is 10.9 Å². The molecule has 0 saturated carbocycles. The van der Waals surface area contributed by atoms with Crippen LogP contribution in [0.25, 0.3) is 5.69 Å². The van der Waals surface area contributed by atoms with Gasteiger partial charge in [0.15, 0.2) is 5.69 Å². The molecule has 5 nitrogen and oxygen atoms in total. The normalized spacial score (nSPS) is 12.4. The Balaban J connectivity index is 2.49. The summed E-state index contributed by atoms with van der Waals surface area (Å²) in [6, 6.07) is 2.65. The van der Waals surface area contributed by atoms with Crippen LogP contribution in [0.3, 0.4) is 0 Å². The van der Waals surface area contributed by atoms with E-state index in [1.54, 1.807) is 0 Å². The maximum Gasteiger partial charge on any atom is 0.459 e. The number of pyridine rings is 1. The lowest BCUT2D eigenvalue weighted by Gasteiger charge is -2.16.